The fourth-order valence-corrected chi connectivity index (χ4v) is 3.23. The fourth-order valence-electron chi connectivity index (χ4n) is 3.23. The van der Waals surface area contributed by atoms with E-state index in [4.69, 9.17) is 4.74 Å². The quantitative estimate of drug-likeness (QED) is 0.702. The number of benzene rings is 2. The van der Waals surface area contributed by atoms with Crippen LogP contribution in [0.1, 0.15) is 25.3 Å². The first-order valence-corrected chi connectivity index (χ1v) is 10.1. The molecule has 1 unspecified atom stereocenters. The van der Waals surface area contributed by atoms with Crippen LogP contribution in [-0.4, -0.2) is 37.4 Å². The van der Waals surface area contributed by atoms with Gasteiger partial charge in [0.05, 0.1) is 5.92 Å². The van der Waals surface area contributed by atoms with Crippen molar-refractivity contribution in [1.29, 1.82) is 0 Å². The predicted octanol–water partition coefficient (Wildman–Crippen LogP) is 2.89. The Hall–Kier alpha value is -3.35. The van der Waals surface area contributed by atoms with Crippen LogP contribution in [0.3, 0.4) is 0 Å². The third kappa shape index (κ3) is 5.59. The highest BCUT2D eigenvalue weighted by molar-refractivity contribution is 6.00. The Labute approximate surface area is 176 Å². The van der Waals surface area contributed by atoms with Gasteiger partial charge in [-0.1, -0.05) is 24.6 Å². The molecule has 3 amide bonds. The van der Waals surface area contributed by atoms with Crippen LogP contribution in [0.15, 0.2) is 48.5 Å². The Morgan fingerprint density at radius 3 is 2.47 bits per heavy atom. The standard InChI is InChI=1S/C23H27N3O4/c1-3-12-24-23(29)17-13-22(28)26(14-17)19-8-10-20(11-9-19)30-15-21(27)25-18-6-4-16(2)5-7-18/h4-11,17H,3,12-15H2,1-2H3,(H,24,29)(H,25,27). The van der Waals surface area contributed by atoms with Gasteiger partial charge < -0.3 is 20.3 Å². The summed E-state index contributed by atoms with van der Waals surface area (Å²) in [6.07, 6.45) is 1.08. The Bertz CT molecular complexity index is 894. The molecule has 1 fully saturated rings. The molecule has 0 radical (unpaired) electrons. The van der Waals surface area contributed by atoms with E-state index < -0.39 is 0 Å². The molecule has 0 bridgehead atoms. The van der Waals surface area contributed by atoms with E-state index in [2.05, 4.69) is 10.6 Å². The van der Waals surface area contributed by atoms with E-state index in [-0.39, 0.29) is 36.7 Å². The summed E-state index contributed by atoms with van der Waals surface area (Å²) in [6, 6.07) is 14.5. The molecule has 1 aliphatic rings. The molecule has 1 heterocycles. The van der Waals surface area contributed by atoms with Crippen LogP contribution < -0.4 is 20.3 Å². The van der Waals surface area contributed by atoms with Gasteiger partial charge >= 0.3 is 0 Å². The predicted molar refractivity (Wildman–Crippen MR) is 116 cm³/mol. The van der Waals surface area contributed by atoms with Crippen LogP contribution in [0.25, 0.3) is 0 Å². The molecular formula is C23H27N3O4. The Balaban J connectivity index is 1.51. The van der Waals surface area contributed by atoms with Crippen LogP contribution in [0.4, 0.5) is 11.4 Å². The highest BCUT2D eigenvalue weighted by Gasteiger charge is 2.34. The second-order valence-electron chi connectivity index (χ2n) is 7.39. The maximum atomic E-state index is 12.3. The summed E-state index contributed by atoms with van der Waals surface area (Å²) in [5.41, 5.74) is 2.55. The number of ether oxygens (including phenoxy) is 1. The van der Waals surface area contributed by atoms with E-state index in [0.29, 0.717) is 24.5 Å². The van der Waals surface area contributed by atoms with E-state index in [1.54, 1.807) is 29.2 Å². The van der Waals surface area contributed by atoms with E-state index in [1.165, 1.54) is 0 Å². The molecule has 7 nitrogen and oxygen atoms in total. The van der Waals surface area contributed by atoms with Crippen LogP contribution in [0.5, 0.6) is 5.75 Å². The second-order valence-corrected chi connectivity index (χ2v) is 7.39. The number of carbonyl (C=O) groups is 3. The molecule has 0 aromatic heterocycles. The normalized spacial score (nSPS) is 15.7. The number of hydrogen-bond acceptors (Lipinski definition) is 4. The first-order valence-electron chi connectivity index (χ1n) is 10.1. The van der Waals surface area contributed by atoms with Crippen molar-refractivity contribution in [2.24, 2.45) is 5.92 Å². The van der Waals surface area contributed by atoms with Gasteiger partial charge in [-0.05, 0) is 49.7 Å². The minimum absolute atomic E-state index is 0.0715. The zero-order chi connectivity index (χ0) is 21.5. The first-order chi connectivity index (χ1) is 14.5. The van der Waals surface area contributed by atoms with Crippen LogP contribution in [-0.2, 0) is 14.4 Å². The number of hydrogen-bond donors (Lipinski definition) is 2. The van der Waals surface area contributed by atoms with Crippen LogP contribution in [0, 0.1) is 12.8 Å². The lowest BCUT2D eigenvalue weighted by molar-refractivity contribution is -0.126. The Morgan fingerprint density at radius 2 is 1.80 bits per heavy atom. The largest absolute Gasteiger partial charge is 0.484 e. The molecule has 3 rings (SSSR count). The average molecular weight is 409 g/mol. The van der Waals surface area contributed by atoms with Crippen LogP contribution >= 0.6 is 0 Å². The maximum absolute atomic E-state index is 12.3. The van der Waals surface area contributed by atoms with Gasteiger partial charge in [0.1, 0.15) is 5.75 Å². The molecule has 1 atom stereocenters. The van der Waals surface area contributed by atoms with Crippen molar-refractivity contribution in [3.05, 3.63) is 54.1 Å². The van der Waals surface area contributed by atoms with Gasteiger partial charge in [0.2, 0.25) is 11.8 Å². The Kier molecular flexibility index (Phi) is 7.06. The molecule has 2 N–H and O–H groups in total. The SMILES string of the molecule is CCCNC(=O)C1CC(=O)N(c2ccc(OCC(=O)Nc3ccc(C)cc3)cc2)C1. The van der Waals surface area contributed by atoms with E-state index in [0.717, 1.165) is 17.7 Å². The summed E-state index contributed by atoms with van der Waals surface area (Å²) in [7, 11) is 0. The number of nitrogens with one attached hydrogen (secondary N) is 2. The van der Waals surface area contributed by atoms with Gasteiger partial charge in [-0.25, -0.2) is 0 Å². The number of anilines is 2. The topological polar surface area (TPSA) is 87.7 Å². The number of amides is 3. The van der Waals surface area contributed by atoms with E-state index >= 15 is 0 Å². The number of carbonyl (C=O) groups excluding carboxylic acids is 3. The highest BCUT2D eigenvalue weighted by atomic mass is 16.5. The molecule has 7 heteroatoms. The summed E-state index contributed by atoms with van der Waals surface area (Å²) in [6.45, 7) is 4.84. The zero-order valence-corrected chi connectivity index (χ0v) is 17.3. The molecule has 2 aromatic rings. The van der Waals surface area contributed by atoms with Gasteiger partial charge in [-0.15, -0.1) is 0 Å². The molecule has 1 aliphatic heterocycles. The van der Waals surface area contributed by atoms with Gasteiger partial charge in [0, 0.05) is 30.9 Å². The second kappa shape index (κ2) is 9.91. The summed E-state index contributed by atoms with van der Waals surface area (Å²) >= 11 is 0. The first kappa shape index (κ1) is 21.4. The summed E-state index contributed by atoms with van der Waals surface area (Å²) in [5.74, 6) is -0.198. The van der Waals surface area contributed by atoms with Gasteiger partial charge in [0.15, 0.2) is 6.61 Å². The molecule has 0 spiro atoms. The van der Waals surface area contributed by atoms with Crippen molar-refractivity contribution in [3.63, 3.8) is 0 Å². The van der Waals surface area contributed by atoms with Gasteiger partial charge in [0.25, 0.3) is 5.91 Å². The summed E-state index contributed by atoms with van der Waals surface area (Å²) < 4.78 is 5.53. The van der Waals surface area contributed by atoms with Crippen molar-refractivity contribution >= 4 is 29.1 Å². The van der Waals surface area contributed by atoms with Gasteiger partial charge in [-0.2, -0.15) is 0 Å². The van der Waals surface area contributed by atoms with Crippen molar-refractivity contribution in [1.82, 2.24) is 5.32 Å². The smallest absolute Gasteiger partial charge is 0.262 e. The number of rotatable bonds is 8. The van der Waals surface area contributed by atoms with E-state index in [1.807, 2.05) is 38.1 Å². The van der Waals surface area contributed by atoms with Crippen molar-refractivity contribution in [3.8, 4) is 5.75 Å². The average Bonchev–Trinajstić information content (AvgIpc) is 3.14. The number of aryl methyl sites for hydroxylation is 1. The lowest BCUT2D eigenvalue weighted by atomic mass is 10.1. The molecular weight excluding hydrogens is 382 g/mol. The van der Waals surface area contributed by atoms with Crippen molar-refractivity contribution < 1.29 is 19.1 Å². The maximum Gasteiger partial charge on any atom is 0.262 e. The fraction of sp³-hybridized carbons (Fsp3) is 0.348. The van der Waals surface area contributed by atoms with Crippen LogP contribution in [0.2, 0.25) is 0 Å². The van der Waals surface area contributed by atoms with Crippen molar-refractivity contribution in [2.45, 2.75) is 26.7 Å². The minimum Gasteiger partial charge on any atom is -0.484 e. The highest BCUT2D eigenvalue weighted by Crippen LogP contribution is 2.27. The molecule has 0 saturated carbocycles. The number of nitrogens with zero attached hydrogens (tertiary/aromatic N) is 1. The third-order valence-electron chi connectivity index (χ3n) is 4.90. The van der Waals surface area contributed by atoms with Gasteiger partial charge in [-0.3, -0.25) is 14.4 Å². The molecule has 1 saturated heterocycles. The monoisotopic (exact) mass is 409 g/mol. The van der Waals surface area contributed by atoms with Crippen molar-refractivity contribution in [2.75, 3.05) is 29.9 Å². The summed E-state index contributed by atoms with van der Waals surface area (Å²) in [4.78, 5) is 38.1. The molecule has 158 valence electrons. The summed E-state index contributed by atoms with van der Waals surface area (Å²) in [5, 5.41) is 5.62. The lowest BCUT2D eigenvalue weighted by Crippen LogP contribution is -2.33. The minimum atomic E-state index is -0.328. The van der Waals surface area contributed by atoms with E-state index in [9.17, 15) is 14.4 Å². The Morgan fingerprint density at radius 1 is 1.10 bits per heavy atom. The third-order valence-corrected chi connectivity index (χ3v) is 4.90. The molecule has 0 aliphatic carbocycles. The molecule has 2 aromatic carbocycles. The zero-order valence-electron chi connectivity index (χ0n) is 17.3. The molecule has 30 heavy (non-hydrogen) atoms. The lowest BCUT2D eigenvalue weighted by Gasteiger charge is -2.17.